The second kappa shape index (κ2) is 6.55. The summed E-state index contributed by atoms with van der Waals surface area (Å²) < 4.78 is 13.0. The number of para-hydroxylation sites is 2. The molecule has 28 heavy (non-hydrogen) atoms. The Morgan fingerprint density at radius 3 is 2.79 bits per heavy atom. The summed E-state index contributed by atoms with van der Waals surface area (Å²) in [6, 6.07) is 13.9. The van der Waals surface area contributed by atoms with Crippen LogP contribution in [0.4, 0.5) is 0 Å². The number of aromatic nitrogens is 2. The lowest BCUT2D eigenvalue weighted by Crippen LogP contribution is -2.45. The lowest BCUT2D eigenvalue weighted by molar-refractivity contribution is -0.123. The van der Waals surface area contributed by atoms with Gasteiger partial charge in [-0.1, -0.05) is 31.0 Å². The molecule has 5 rings (SSSR count). The molecule has 2 heterocycles. The Labute approximate surface area is 163 Å². The summed E-state index contributed by atoms with van der Waals surface area (Å²) >= 11 is 0. The highest BCUT2D eigenvalue weighted by Crippen LogP contribution is 2.43. The molecule has 3 aromatic rings. The van der Waals surface area contributed by atoms with Gasteiger partial charge in [-0.3, -0.25) is 4.79 Å². The van der Waals surface area contributed by atoms with Crippen LogP contribution in [0.15, 0.2) is 42.5 Å². The second-order valence-corrected chi connectivity index (χ2v) is 7.64. The summed E-state index contributed by atoms with van der Waals surface area (Å²) in [6.45, 7) is 2.46. The van der Waals surface area contributed by atoms with Crippen molar-refractivity contribution in [3.05, 3.63) is 53.9 Å². The zero-order chi connectivity index (χ0) is 19.1. The van der Waals surface area contributed by atoms with E-state index in [0.717, 1.165) is 59.6 Å². The Morgan fingerprint density at radius 2 is 1.93 bits per heavy atom. The van der Waals surface area contributed by atoms with Crippen molar-refractivity contribution >= 4 is 16.9 Å². The van der Waals surface area contributed by atoms with Crippen LogP contribution in [0.1, 0.15) is 37.1 Å². The fourth-order valence-corrected chi connectivity index (χ4v) is 4.50. The van der Waals surface area contributed by atoms with Crippen molar-refractivity contribution in [3.63, 3.8) is 0 Å². The van der Waals surface area contributed by atoms with Gasteiger partial charge in [0, 0.05) is 0 Å². The monoisotopic (exact) mass is 377 g/mol. The van der Waals surface area contributed by atoms with Crippen molar-refractivity contribution in [2.24, 2.45) is 0 Å². The largest absolute Gasteiger partial charge is 0.454 e. The molecule has 1 aliphatic heterocycles. The van der Waals surface area contributed by atoms with Gasteiger partial charge in [0.2, 0.25) is 12.7 Å². The molecular formula is C22H23N3O3. The van der Waals surface area contributed by atoms with E-state index in [1.54, 1.807) is 0 Å². The molecule has 6 nitrogen and oxygen atoms in total. The number of fused-ring (bicyclic) bond motifs is 2. The maximum absolute atomic E-state index is 13.1. The third-order valence-corrected chi connectivity index (χ3v) is 5.91. The number of benzene rings is 2. The molecule has 0 saturated heterocycles. The fraction of sp³-hybridized carbons (Fsp3) is 0.364. The number of nitrogens with zero attached hydrogens (tertiary/aromatic N) is 2. The number of amides is 1. The van der Waals surface area contributed by atoms with Crippen molar-refractivity contribution in [2.45, 2.75) is 44.7 Å². The number of rotatable bonds is 4. The van der Waals surface area contributed by atoms with Gasteiger partial charge in [0.05, 0.1) is 16.6 Å². The molecule has 2 aromatic carbocycles. The molecule has 1 fully saturated rings. The van der Waals surface area contributed by atoms with Crippen LogP contribution in [0.3, 0.4) is 0 Å². The molecule has 0 bridgehead atoms. The number of ether oxygens (including phenoxy) is 2. The van der Waals surface area contributed by atoms with Gasteiger partial charge >= 0.3 is 0 Å². The Morgan fingerprint density at radius 1 is 1.14 bits per heavy atom. The Hall–Kier alpha value is -3.02. The summed E-state index contributed by atoms with van der Waals surface area (Å²) in [5.74, 6) is 2.38. The minimum Gasteiger partial charge on any atom is -0.454 e. The molecule has 6 heteroatoms. The van der Waals surface area contributed by atoms with E-state index in [4.69, 9.17) is 9.47 Å². The van der Waals surface area contributed by atoms with Crippen LogP contribution in [0, 0.1) is 6.92 Å². The summed E-state index contributed by atoms with van der Waals surface area (Å²) in [6.07, 6.45) is 4.06. The highest BCUT2D eigenvalue weighted by molar-refractivity contribution is 5.81. The van der Waals surface area contributed by atoms with E-state index in [2.05, 4.69) is 16.4 Å². The molecule has 0 atom stereocenters. The third kappa shape index (κ3) is 2.80. The first kappa shape index (κ1) is 17.1. The summed E-state index contributed by atoms with van der Waals surface area (Å²) in [4.78, 5) is 17.6. The molecular weight excluding hydrogens is 354 g/mol. The van der Waals surface area contributed by atoms with Crippen LogP contribution in [0.25, 0.3) is 11.0 Å². The van der Waals surface area contributed by atoms with Gasteiger partial charge in [0.25, 0.3) is 0 Å². The Kier molecular flexibility index (Phi) is 4.00. The highest BCUT2D eigenvalue weighted by Gasteiger charge is 2.38. The molecule has 0 radical (unpaired) electrons. The maximum atomic E-state index is 13.1. The number of imidazole rings is 1. The van der Waals surface area contributed by atoms with Gasteiger partial charge in [-0.25, -0.2) is 4.98 Å². The van der Waals surface area contributed by atoms with Crippen molar-refractivity contribution in [1.29, 1.82) is 0 Å². The van der Waals surface area contributed by atoms with Crippen LogP contribution in [-0.4, -0.2) is 22.3 Å². The predicted octanol–water partition coefficient (Wildman–Crippen LogP) is 3.66. The summed E-state index contributed by atoms with van der Waals surface area (Å²) in [7, 11) is 0. The summed E-state index contributed by atoms with van der Waals surface area (Å²) in [5.41, 5.74) is 2.65. The average molecular weight is 377 g/mol. The van der Waals surface area contributed by atoms with E-state index in [-0.39, 0.29) is 24.8 Å². The van der Waals surface area contributed by atoms with Gasteiger partial charge < -0.3 is 19.4 Å². The van der Waals surface area contributed by atoms with Crippen LogP contribution in [0.2, 0.25) is 0 Å². The van der Waals surface area contributed by atoms with Gasteiger partial charge in [-0.15, -0.1) is 0 Å². The number of aryl methyl sites for hydroxylation is 1. The molecule has 1 N–H and O–H groups in total. The van der Waals surface area contributed by atoms with Crippen LogP contribution >= 0.6 is 0 Å². The van der Waals surface area contributed by atoms with Crippen molar-refractivity contribution in [2.75, 3.05) is 6.79 Å². The number of hydrogen-bond donors (Lipinski definition) is 1. The zero-order valence-corrected chi connectivity index (χ0v) is 15.9. The fourth-order valence-electron chi connectivity index (χ4n) is 4.50. The van der Waals surface area contributed by atoms with Crippen LogP contribution < -0.4 is 14.8 Å². The maximum Gasteiger partial charge on any atom is 0.240 e. The molecule has 1 saturated carbocycles. The zero-order valence-electron chi connectivity index (χ0n) is 15.9. The second-order valence-electron chi connectivity index (χ2n) is 7.64. The lowest BCUT2D eigenvalue weighted by atomic mass is 9.87. The minimum absolute atomic E-state index is 0.00539. The third-order valence-electron chi connectivity index (χ3n) is 5.91. The summed E-state index contributed by atoms with van der Waals surface area (Å²) in [5, 5.41) is 3.35. The molecule has 1 amide bonds. The molecule has 0 spiro atoms. The van der Waals surface area contributed by atoms with Crippen LogP contribution in [-0.2, 0) is 16.9 Å². The van der Waals surface area contributed by atoms with E-state index >= 15 is 0 Å². The van der Waals surface area contributed by atoms with Gasteiger partial charge in [-0.05, 0) is 49.6 Å². The number of carbonyl (C=O) groups excluding carboxylic acids is 1. The van der Waals surface area contributed by atoms with E-state index < -0.39 is 0 Å². The first-order valence-electron chi connectivity index (χ1n) is 9.78. The topological polar surface area (TPSA) is 65.4 Å². The molecule has 144 valence electrons. The molecule has 1 aliphatic carbocycles. The van der Waals surface area contributed by atoms with E-state index in [1.807, 2.05) is 47.9 Å². The van der Waals surface area contributed by atoms with E-state index in [1.165, 1.54) is 0 Å². The molecule has 1 aromatic heterocycles. The first-order chi connectivity index (χ1) is 13.6. The molecule has 0 unspecified atom stereocenters. The minimum atomic E-state index is -0.345. The molecule has 2 aliphatic rings. The van der Waals surface area contributed by atoms with E-state index in [0.29, 0.717) is 0 Å². The smallest absolute Gasteiger partial charge is 0.240 e. The van der Waals surface area contributed by atoms with Crippen LogP contribution in [0.5, 0.6) is 11.5 Å². The Bertz CT molecular complexity index is 1050. The van der Waals surface area contributed by atoms with Crippen molar-refractivity contribution in [3.8, 4) is 11.5 Å². The van der Waals surface area contributed by atoms with Crippen molar-refractivity contribution < 1.29 is 14.3 Å². The van der Waals surface area contributed by atoms with Gasteiger partial charge in [-0.2, -0.15) is 0 Å². The highest BCUT2D eigenvalue weighted by atomic mass is 16.7. The van der Waals surface area contributed by atoms with Gasteiger partial charge in [0.15, 0.2) is 11.5 Å². The quantitative estimate of drug-likeness (QED) is 0.754. The number of hydrogen-bond acceptors (Lipinski definition) is 4. The lowest BCUT2D eigenvalue weighted by Gasteiger charge is -2.31. The Balaban J connectivity index is 1.42. The number of nitrogens with one attached hydrogen (secondary N) is 1. The van der Waals surface area contributed by atoms with Gasteiger partial charge in [0.1, 0.15) is 12.4 Å². The van der Waals surface area contributed by atoms with Crippen molar-refractivity contribution in [1.82, 2.24) is 14.9 Å². The first-order valence-corrected chi connectivity index (χ1v) is 9.78. The number of carbonyl (C=O) groups is 1. The SMILES string of the molecule is Cc1nc2ccccc2n1CC(=O)NC1(c2ccc3c(c2)OCO3)CCCC1. The normalized spacial score (nSPS) is 17.2. The van der Waals surface area contributed by atoms with E-state index in [9.17, 15) is 4.79 Å². The predicted molar refractivity (Wildman–Crippen MR) is 105 cm³/mol. The standard InChI is InChI=1S/C22H23N3O3/c1-15-23-17-6-2-3-7-18(17)25(15)13-21(26)24-22(10-4-5-11-22)16-8-9-19-20(12-16)28-14-27-19/h2-3,6-9,12H,4-5,10-11,13-14H2,1H3,(H,24,26). The average Bonchev–Trinajstić information content (AvgIpc) is 3.41.